The molecule has 0 spiro atoms. The van der Waals surface area contributed by atoms with E-state index in [4.69, 9.17) is 14.2 Å². The van der Waals surface area contributed by atoms with Crippen LogP contribution in [0.2, 0.25) is 0 Å². The van der Waals surface area contributed by atoms with Gasteiger partial charge in [-0.3, -0.25) is 0 Å². The Kier molecular flexibility index (Phi) is 8.92. The van der Waals surface area contributed by atoms with E-state index in [0.29, 0.717) is 49.4 Å². The molecule has 1 fully saturated rings. The highest BCUT2D eigenvalue weighted by Crippen LogP contribution is 2.34. The van der Waals surface area contributed by atoms with Gasteiger partial charge in [0.15, 0.2) is 0 Å². The van der Waals surface area contributed by atoms with Gasteiger partial charge >= 0.3 is 12.1 Å². The van der Waals surface area contributed by atoms with E-state index in [1.54, 1.807) is 53.4 Å². The Morgan fingerprint density at radius 3 is 2.13 bits per heavy atom. The molecule has 39 heavy (non-hydrogen) atoms. The van der Waals surface area contributed by atoms with Crippen LogP contribution in [0.1, 0.15) is 50.3 Å². The molecule has 0 aliphatic carbocycles. The zero-order valence-electron chi connectivity index (χ0n) is 22.8. The van der Waals surface area contributed by atoms with Gasteiger partial charge in [0, 0.05) is 18.7 Å². The Morgan fingerprint density at radius 2 is 1.49 bits per heavy atom. The first-order valence-electron chi connectivity index (χ1n) is 13.4. The molecule has 0 aromatic heterocycles. The van der Waals surface area contributed by atoms with E-state index in [9.17, 15) is 14.7 Å². The van der Waals surface area contributed by atoms with E-state index in [2.05, 4.69) is 0 Å². The van der Waals surface area contributed by atoms with Crippen LogP contribution in [0, 0.1) is 5.92 Å². The van der Waals surface area contributed by atoms with E-state index >= 15 is 0 Å². The highest BCUT2D eigenvalue weighted by molar-refractivity contribution is 5.85. The van der Waals surface area contributed by atoms with Crippen molar-refractivity contribution in [1.29, 1.82) is 0 Å². The van der Waals surface area contributed by atoms with E-state index in [1.807, 2.05) is 57.2 Å². The molecule has 7 heteroatoms. The molecular formula is C32H37NO6. The number of piperidine rings is 1. The minimum absolute atomic E-state index is 0.0770. The average molecular weight is 532 g/mol. The molecule has 4 rings (SSSR count). The quantitative estimate of drug-likeness (QED) is 0.376. The monoisotopic (exact) mass is 531 g/mol. The zero-order valence-corrected chi connectivity index (χ0v) is 22.8. The predicted octanol–water partition coefficient (Wildman–Crippen LogP) is 5.69. The lowest BCUT2D eigenvalue weighted by atomic mass is 9.86. The normalized spacial score (nSPS) is 15.7. The van der Waals surface area contributed by atoms with Gasteiger partial charge in [0.05, 0.1) is 6.61 Å². The maximum Gasteiger partial charge on any atom is 0.410 e. The third-order valence-electron chi connectivity index (χ3n) is 6.70. The number of likely N-dealkylation sites (tertiary alicyclic amines) is 1. The van der Waals surface area contributed by atoms with Crippen molar-refractivity contribution in [2.75, 3.05) is 19.7 Å². The largest absolute Gasteiger partial charge is 0.489 e. The van der Waals surface area contributed by atoms with Crippen molar-refractivity contribution in [2.45, 2.75) is 51.4 Å². The molecule has 3 aromatic carbocycles. The second-order valence-corrected chi connectivity index (χ2v) is 10.9. The number of nitrogens with zero attached hydrogens (tertiary/aromatic N) is 1. The number of amides is 1. The summed E-state index contributed by atoms with van der Waals surface area (Å²) in [6.45, 7) is 7.10. The SMILES string of the molecule is CC(C)(C)OC(=O)N1CCC(COC(=O)[C@](O)(c2ccccc2)c2cccc(OCc3ccccc3)c2)CC1. The maximum absolute atomic E-state index is 13.5. The van der Waals surface area contributed by atoms with Crippen LogP contribution in [-0.4, -0.2) is 47.4 Å². The lowest BCUT2D eigenvalue weighted by Crippen LogP contribution is -2.43. The van der Waals surface area contributed by atoms with Crippen LogP contribution in [-0.2, 0) is 26.5 Å². The summed E-state index contributed by atoms with van der Waals surface area (Å²) >= 11 is 0. The van der Waals surface area contributed by atoms with Gasteiger partial charge in [0.25, 0.3) is 0 Å². The van der Waals surface area contributed by atoms with E-state index < -0.39 is 17.2 Å². The third kappa shape index (κ3) is 7.39. The minimum atomic E-state index is -2.01. The number of rotatable bonds is 8. The van der Waals surface area contributed by atoms with Crippen molar-refractivity contribution in [3.63, 3.8) is 0 Å². The van der Waals surface area contributed by atoms with Gasteiger partial charge in [-0.1, -0.05) is 72.8 Å². The summed E-state index contributed by atoms with van der Waals surface area (Å²) in [7, 11) is 0. The summed E-state index contributed by atoms with van der Waals surface area (Å²) in [5, 5.41) is 11.9. The van der Waals surface area contributed by atoms with Crippen LogP contribution in [0.3, 0.4) is 0 Å². The Balaban J connectivity index is 1.44. The van der Waals surface area contributed by atoms with Crippen molar-refractivity contribution in [3.05, 3.63) is 102 Å². The highest BCUT2D eigenvalue weighted by Gasteiger charge is 2.42. The molecule has 0 saturated carbocycles. The number of ether oxygens (including phenoxy) is 3. The predicted molar refractivity (Wildman–Crippen MR) is 148 cm³/mol. The summed E-state index contributed by atoms with van der Waals surface area (Å²) in [4.78, 5) is 27.6. The average Bonchev–Trinajstić information content (AvgIpc) is 2.95. The van der Waals surface area contributed by atoms with Crippen molar-refractivity contribution >= 4 is 12.1 Å². The van der Waals surface area contributed by atoms with Crippen molar-refractivity contribution < 1.29 is 28.9 Å². The molecule has 1 aliphatic heterocycles. The molecule has 0 unspecified atom stereocenters. The highest BCUT2D eigenvalue weighted by atomic mass is 16.6. The molecular weight excluding hydrogens is 494 g/mol. The molecule has 1 aliphatic rings. The number of benzene rings is 3. The topological polar surface area (TPSA) is 85.3 Å². The fourth-order valence-corrected chi connectivity index (χ4v) is 4.54. The standard InChI is InChI=1S/C32H37NO6/c1-31(2,3)39-30(35)33-19-17-25(18-20-33)23-38-29(34)32(36,26-13-8-5-9-14-26)27-15-10-16-28(21-27)37-22-24-11-6-4-7-12-24/h4-16,21,25,36H,17-20,22-23H2,1-3H3/t32-/m0/s1. The summed E-state index contributed by atoms with van der Waals surface area (Å²) < 4.78 is 17.2. The number of esters is 1. The summed E-state index contributed by atoms with van der Waals surface area (Å²) in [6.07, 6.45) is 1.03. The summed E-state index contributed by atoms with van der Waals surface area (Å²) in [6, 6.07) is 25.5. The summed E-state index contributed by atoms with van der Waals surface area (Å²) in [5.41, 5.74) is -0.767. The fraction of sp³-hybridized carbons (Fsp3) is 0.375. The Bertz CT molecular complexity index is 1230. The Morgan fingerprint density at radius 1 is 0.872 bits per heavy atom. The van der Waals surface area contributed by atoms with Crippen LogP contribution < -0.4 is 4.74 Å². The van der Waals surface area contributed by atoms with Crippen LogP contribution >= 0.6 is 0 Å². The van der Waals surface area contributed by atoms with E-state index in [-0.39, 0.29) is 18.6 Å². The maximum atomic E-state index is 13.5. The number of hydrogen-bond acceptors (Lipinski definition) is 6. The van der Waals surface area contributed by atoms with Gasteiger partial charge in [-0.25, -0.2) is 9.59 Å². The first-order chi connectivity index (χ1) is 18.6. The van der Waals surface area contributed by atoms with Gasteiger partial charge in [0.1, 0.15) is 18.0 Å². The van der Waals surface area contributed by atoms with Crippen LogP contribution in [0.25, 0.3) is 0 Å². The number of carbonyl (C=O) groups is 2. The number of carbonyl (C=O) groups excluding carboxylic acids is 2. The molecule has 206 valence electrons. The van der Waals surface area contributed by atoms with Crippen LogP contribution in [0.4, 0.5) is 4.79 Å². The molecule has 1 N–H and O–H groups in total. The molecule has 1 atom stereocenters. The lowest BCUT2D eigenvalue weighted by molar-refractivity contribution is -0.164. The molecule has 1 heterocycles. The van der Waals surface area contributed by atoms with Gasteiger partial charge in [0.2, 0.25) is 5.60 Å². The third-order valence-corrected chi connectivity index (χ3v) is 6.70. The van der Waals surface area contributed by atoms with Gasteiger partial charge in [-0.15, -0.1) is 0 Å². The second kappa shape index (κ2) is 12.3. The molecule has 0 bridgehead atoms. The summed E-state index contributed by atoms with van der Waals surface area (Å²) in [5.74, 6) is -0.135. The van der Waals surface area contributed by atoms with Crippen LogP contribution in [0.15, 0.2) is 84.9 Å². The Hall–Kier alpha value is -3.84. The Labute approximate surface area is 230 Å². The van der Waals surface area contributed by atoms with Gasteiger partial charge < -0.3 is 24.2 Å². The van der Waals surface area contributed by atoms with Gasteiger partial charge in [-0.2, -0.15) is 0 Å². The smallest absolute Gasteiger partial charge is 0.410 e. The van der Waals surface area contributed by atoms with E-state index in [1.165, 1.54) is 0 Å². The van der Waals surface area contributed by atoms with Crippen molar-refractivity contribution in [2.24, 2.45) is 5.92 Å². The zero-order chi connectivity index (χ0) is 27.9. The fourth-order valence-electron chi connectivity index (χ4n) is 4.54. The lowest BCUT2D eigenvalue weighted by Gasteiger charge is -2.34. The number of aliphatic hydroxyl groups is 1. The molecule has 7 nitrogen and oxygen atoms in total. The van der Waals surface area contributed by atoms with Gasteiger partial charge in [-0.05, 0) is 62.8 Å². The van der Waals surface area contributed by atoms with Crippen molar-refractivity contribution in [3.8, 4) is 5.75 Å². The number of hydrogen-bond donors (Lipinski definition) is 1. The molecule has 1 amide bonds. The molecule has 1 saturated heterocycles. The minimum Gasteiger partial charge on any atom is -0.489 e. The molecule has 3 aromatic rings. The first-order valence-corrected chi connectivity index (χ1v) is 13.4. The van der Waals surface area contributed by atoms with Crippen molar-refractivity contribution in [1.82, 2.24) is 4.90 Å². The molecule has 0 radical (unpaired) electrons. The van der Waals surface area contributed by atoms with E-state index in [0.717, 1.165) is 5.56 Å². The first kappa shape index (κ1) is 28.2. The second-order valence-electron chi connectivity index (χ2n) is 10.9. The van der Waals surface area contributed by atoms with Crippen LogP contribution in [0.5, 0.6) is 5.75 Å².